The van der Waals surface area contributed by atoms with E-state index >= 15 is 0 Å². The molecule has 0 aliphatic carbocycles. The molecule has 1 aromatic heterocycles. The molecule has 2 N–H and O–H groups in total. The van der Waals surface area contributed by atoms with Crippen molar-refractivity contribution in [1.82, 2.24) is 9.78 Å². The summed E-state index contributed by atoms with van der Waals surface area (Å²) in [5.74, 6) is -0.914. The summed E-state index contributed by atoms with van der Waals surface area (Å²) in [6, 6.07) is 8.21. The quantitative estimate of drug-likeness (QED) is 0.866. The molecule has 0 aliphatic heterocycles. The maximum Gasteiger partial charge on any atom is 0.356 e. The van der Waals surface area contributed by atoms with Crippen molar-refractivity contribution < 1.29 is 15.0 Å². The Morgan fingerprint density at radius 2 is 2.16 bits per heavy atom. The Balaban J connectivity index is 2.44. The average molecular weight is 260 g/mol. The molecule has 0 spiro atoms. The second-order valence-electron chi connectivity index (χ2n) is 4.36. The lowest BCUT2D eigenvalue weighted by Gasteiger charge is -2.07. The van der Waals surface area contributed by atoms with Crippen molar-refractivity contribution in [1.29, 1.82) is 0 Å². The summed E-state index contributed by atoms with van der Waals surface area (Å²) in [5.41, 5.74) is 1.53. The first-order chi connectivity index (χ1) is 9.11. The second kappa shape index (κ2) is 5.56. The first-order valence-electron chi connectivity index (χ1n) is 6.23. The van der Waals surface area contributed by atoms with E-state index in [1.165, 1.54) is 0 Å². The number of carbonyl (C=O) groups is 1. The van der Waals surface area contributed by atoms with Crippen LogP contribution in [0.3, 0.4) is 0 Å². The van der Waals surface area contributed by atoms with Gasteiger partial charge >= 0.3 is 5.97 Å². The van der Waals surface area contributed by atoms with Crippen LogP contribution in [0.15, 0.2) is 30.3 Å². The molecule has 0 aliphatic rings. The zero-order chi connectivity index (χ0) is 13.8. The normalized spacial score (nSPS) is 10.6. The molecule has 5 nitrogen and oxygen atoms in total. The fourth-order valence-corrected chi connectivity index (χ4v) is 1.91. The molecule has 0 radical (unpaired) electrons. The Morgan fingerprint density at radius 1 is 1.37 bits per heavy atom. The topological polar surface area (TPSA) is 75.3 Å². The molecule has 0 bridgehead atoms. The van der Waals surface area contributed by atoms with Gasteiger partial charge in [-0.15, -0.1) is 0 Å². The lowest BCUT2D eigenvalue weighted by molar-refractivity contribution is 0.0690. The highest BCUT2D eigenvalue weighted by molar-refractivity contribution is 5.85. The van der Waals surface area contributed by atoms with E-state index in [1.54, 1.807) is 35.0 Å². The van der Waals surface area contributed by atoms with Crippen LogP contribution in [0.1, 0.15) is 35.9 Å². The van der Waals surface area contributed by atoms with Gasteiger partial charge in [0.15, 0.2) is 5.69 Å². The minimum Gasteiger partial charge on any atom is -0.508 e. The van der Waals surface area contributed by atoms with E-state index in [0.717, 1.165) is 25.0 Å². The number of aromatic carboxylic acids is 1. The molecule has 0 saturated heterocycles. The first kappa shape index (κ1) is 13.1. The highest BCUT2D eigenvalue weighted by atomic mass is 16.4. The van der Waals surface area contributed by atoms with E-state index in [-0.39, 0.29) is 11.4 Å². The van der Waals surface area contributed by atoms with E-state index < -0.39 is 5.97 Å². The Hall–Kier alpha value is -2.30. The average Bonchev–Trinajstić information content (AvgIpc) is 2.80. The monoisotopic (exact) mass is 260 g/mol. The zero-order valence-electron chi connectivity index (χ0n) is 10.7. The molecular formula is C14H16N2O3. The summed E-state index contributed by atoms with van der Waals surface area (Å²) in [6.45, 7) is 2.08. The number of unbranched alkanes of at least 4 members (excludes halogenated alkanes) is 1. The van der Waals surface area contributed by atoms with Gasteiger partial charge in [-0.05, 0) is 31.0 Å². The predicted molar refractivity (Wildman–Crippen MR) is 70.8 cm³/mol. The van der Waals surface area contributed by atoms with E-state index in [4.69, 9.17) is 5.11 Å². The number of aryl methyl sites for hydroxylation is 1. The van der Waals surface area contributed by atoms with Crippen LogP contribution in [0.25, 0.3) is 5.69 Å². The Kier molecular flexibility index (Phi) is 3.85. The van der Waals surface area contributed by atoms with Gasteiger partial charge in [0.05, 0.1) is 5.69 Å². The lowest BCUT2D eigenvalue weighted by atomic mass is 10.2. The van der Waals surface area contributed by atoms with Crippen LogP contribution >= 0.6 is 0 Å². The van der Waals surface area contributed by atoms with Crippen LogP contribution in [-0.4, -0.2) is 26.0 Å². The minimum atomic E-state index is -1.04. The van der Waals surface area contributed by atoms with Gasteiger partial charge in [-0.2, -0.15) is 5.10 Å². The van der Waals surface area contributed by atoms with Gasteiger partial charge < -0.3 is 10.2 Å². The van der Waals surface area contributed by atoms with Crippen molar-refractivity contribution >= 4 is 5.97 Å². The summed E-state index contributed by atoms with van der Waals surface area (Å²) in [6.07, 6.45) is 2.74. The molecule has 0 amide bonds. The molecule has 100 valence electrons. The van der Waals surface area contributed by atoms with Crippen molar-refractivity contribution in [3.8, 4) is 11.4 Å². The van der Waals surface area contributed by atoms with E-state index in [1.807, 2.05) is 0 Å². The number of aromatic hydroxyl groups is 1. The fraction of sp³-hybridized carbons (Fsp3) is 0.286. The third-order valence-electron chi connectivity index (χ3n) is 2.86. The van der Waals surface area contributed by atoms with Crippen LogP contribution in [-0.2, 0) is 6.42 Å². The lowest BCUT2D eigenvalue weighted by Crippen LogP contribution is -2.03. The number of carboxylic acids is 1. The molecule has 0 unspecified atom stereocenters. The number of nitrogens with zero attached hydrogens (tertiary/aromatic N) is 2. The molecule has 5 heteroatoms. The largest absolute Gasteiger partial charge is 0.508 e. The summed E-state index contributed by atoms with van der Waals surface area (Å²) in [5, 5.41) is 22.6. The van der Waals surface area contributed by atoms with Crippen molar-refractivity contribution in [3.63, 3.8) is 0 Å². The van der Waals surface area contributed by atoms with Crippen LogP contribution < -0.4 is 0 Å². The van der Waals surface area contributed by atoms with Crippen LogP contribution in [0, 0.1) is 0 Å². The van der Waals surface area contributed by atoms with E-state index in [0.29, 0.717) is 5.69 Å². The number of phenolic OH excluding ortho intramolecular Hbond substituents is 1. The SMILES string of the molecule is CCCCc1cc(C(=O)O)nn1-c1cccc(O)c1. The Labute approximate surface area is 111 Å². The van der Waals surface area contributed by atoms with Gasteiger partial charge in [0, 0.05) is 11.8 Å². The highest BCUT2D eigenvalue weighted by Crippen LogP contribution is 2.19. The van der Waals surface area contributed by atoms with Crippen molar-refractivity contribution in [2.75, 3.05) is 0 Å². The van der Waals surface area contributed by atoms with Gasteiger partial charge in [-0.3, -0.25) is 0 Å². The number of phenols is 1. The van der Waals surface area contributed by atoms with Gasteiger partial charge in [-0.1, -0.05) is 19.4 Å². The predicted octanol–water partition coefficient (Wildman–Crippen LogP) is 2.62. The molecule has 0 fully saturated rings. The summed E-state index contributed by atoms with van der Waals surface area (Å²) >= 11 is 0. The van der Waals surface area contributed by atoms with Crippen LogP contribution in [0.4, 0.5) is 0 Å². The second-order valence-corrected chi connectivity index (χ2v) is 4.36. The highest BCUT2D eigenvalue weighted by Gasteiger charge is 2.14. The van der Waals surface area contributed by atoms with Gasteiger partial charge in [-0.25, -0.2) is 9.48 Å². The maximum atomic E-state index is 11.0. The molecular weight excluding hydrogens is 244 g/mol. The zero-order valence-corrected chi connectivity index (χ0v) is 10.7. The number of benzene rings is 1. The number of carboxylic acid groups (broad SMARTS) is 1. The standard InChI is InChI=1S/C14H16N2O3/c1-2-3-5-11-9-13(14(18)19)15-16(11)10-6-4-7-12(17)8-10/h4,6-9,17H,2-3,5H2,1H3,(H,18,19). The third kappa shape index (κ3) is 2.93. The number of hydrogen-bond donors (Lipinski definition) is 2. The van der Waals surface area contributed by atoms with Crippen LogP contribution in [0.5, 0.6) is 5.75 Å². The molecule has 1 aromatic carbocycles. The van der Waals surface area contributed by atoms with Gasteiger partial charge in [0.2, 0.25) is 0 Å². The Morgan fingerprint density at radius 3 is 2.79 bits per heavy atom. The number of rotatable bonds is 5. The number of hydrogen-bond acceptors (Lipinski definition) is 3. The first-order valence-corrected chi connectivity index (χ1v) is 6.23. The molecule has 0 atom stereocenters. The van der Waals surface area contributed by atoms with E-state index in [2.05, 4.69) is 12.0 Å². The van der Waals surface area contributed by atoms with Gasteiger partial charge in [0.1, 0.15) is 5.75 Å². The minimum absolute atomic E-state index is 0.0226. The summed E-state index contributed by atoms with van der Waals surface area (Å²) < 4.78 is 1.58. The third-order valence-corrected chi connectivity index (χ3v) is 2.86. The van der Waals surface area contributed by atoms with Crippen molar-refractivity contribution in [2.45, 2.75) is 26.2 Å². The molecule has 19 heavy (non-hydrogen) atoms. The fourth-order valence-electron chi connectivity index (χ4n) is 1.91. The number of aromatic nitrogens is 2. The summed E-state index contributed by atoms with van der Waals surface area (Å²) in [7, 11) is 0. The molecule has 2 rings (SSSR count). The van der Waals surface area contributed by atoms with Crippen molar-refractivity contribution in [3.05, 3.63) is 41.7 Å². The smallest absolute Gasteiger partial charge is 0.356 e. The molecule has 2 aromatic rings. The van der Waals surface area contributed by atoms with E-state index in [9.17, 15) is 9.90 Å². The Bertz CT molecular complexity index is 590. The van der Waals surface area contributed by atoms with Gasteiger partial charge in [0.25, 0.3) is 0 Å². The van der Waals surface area contributed by atoms with Crippen LogP contribution in [0.2, 0.25) is 0 Å². The maximum absolute atomic E-state index is 11.0. The molecule has 0 saturated carbocycles. The molecule has 1 heterocycles. The summed E-state index contributed by atoms with van der Waals surface area (Å²) in [4.78, 5) is 11.0. The van der Waals surface area contributed by atoms with Crippen molar-refractivity contribution in [2.24, 2.45) is 0 Å².